The van der Waals surface area contributed by atoms with Crippen molar-refractivity contribution in [2.75, 3.05) is 17.2 Å². The van der Waals surface area contributed by atoms with E-state index in [4.69, 9.17) is 5.73 Å². The van der Waals surface area contributed by atoms with Crippen LogP contribution in [0.1, 0.15) is 28.4 Å². The van der Waals surface area contributed by atoms with Gasteiger partial charge in [0.15, 0.2) is 0 Å². The summed E-state index contributed by atoms with van der Waals surface area (Å²) in [7, 11) is 0. The van der Waals surface area contributed by atoms with Crippen LogP contribution in [-0.4, -0.2) is 12.5 Å². The molecule has 0 spiro atoms. The second-order valence-corrected chi connectivity index (χ2v) is 5.89. The molecule has 2 aromatic carbocycles. The van der Waals surface area contributed by atoms with Crippen molar-refractivity contribution >= 4 is 17.3 Å². The van der Waals surface area contributed by atoms with E-state index in [1.54, 1.807) is 6.07 Å². The van der Waals surface area contributed by atoms with Crippen molar-refractivity contribution < 1.29 is 4.79 Å². The minimum atomic E-state index is 0.00426. The molecule has 1 atom stereocenters. The molecule has 3 rings (SSSR count). The largest absolute Gasteiger partial charge is 0.398 e. The molecule has 0 aromatic heterocycles. The van der Waals surface area contributed by atoms with Crippen molar-refractivity contribution in [3.63, 3.8) is 0 Å². The van der Waals surface area contributed by atoms with Crippen molar-refractivity contribution in [3.8, 4) is 0 Å². The Labute approximate surface area is 125 Å². The summed E-state index contributed by atoms with van der Waals surface area (Å²) in [5.41, 5.74) is 10.4. The maximum atomic E-state index is 13.0. The van der Waals surface area contributed by atoms with Gasteiger partial charge in [-0.2, -0.15) is 0 Å². The van der Waals surface area contributed by atoms with Crippen molar-refractivity contribution in [3.05, 3.63) is 59.2 Å². The summed E-state index contributed by atoms with van der Waals surface area (Å²) in [5.74, 6) is 0.457. The lowest BCUT2D eigenvalue weighted by Crippen LogP contribution is -2.39. The zero-order valence-electron chi connectivity index (χ0n) is 12.5. The number of rotatable bonds is 1. The van der Waals surface area contributed by atoms with Gasteiger partial charge in [-0.15, -0.1) is 0 Å². The van der Waals surface area contributed by atoms with E-state index in [-0.39, 0.29) is 5.91 Å². The molecule has 1 unspecified atom stereocenters. The van der Waals surface area contributed by atoms with E-state index >= 15 is 0 Å². The Balaban J connectivity index is 2.06. The molecule has 0 saturated heterocycles. The molecule has 0 radical (unpaired) electrons. The number of nitrogen functional groups attached to an aromatic ring is 1. The third-order valence-corrected chi connectivity index (χ3v) is 4.11. The van der Waals surface area contributed by atoms with Gasteiger partial charge in [0.05, 0.1) is 5.56 Å². The van der Waals surface area contributed by atoms with Gasteiger partial charge >= 0.3 is 0 Å². The third kappa shape index (κ3) is 2.40. The normalized spacial score (nSPS) is 17.4. The van der Waals surface area contributed by atoms with Crippen LogP contribution in [0.4, 0.5) is 11.4 Å². The highest BCUT2D eigenvalue weighted by molar-refractivity contribution is 6.10. The lowest BCUT2D eigenvalue weighted by molar-refractivity contribution is 0.0981. The average Bonchev–Trinajstić information content (AvgIpc) is 2.46. The number of benzene rings is 2. The Morgan fingerprint density at radius 3 is 2.71 bits per heavy atom. The predicted molar refractivity (Wildman–Crippen MR) is 86.6 cm³/mol. The van der Waals surface area contributed by atoms with Crippen LogP contribution in [-0.2, 0) is 6.42 Å². The molecule has 1 aliphatic rings. The van der Waals surface area contributed by atoms with E-state index in [1.165, 1.54) is 5.56 Å². The highest BCUT2D eigenvalue weighted by atomic mass is 16.2. The first-order valence-electron chi connectivity index (χ1n) is 7.33. The monoisotopic (exact) mass is 280 g/mol. The molecule has 1 aliphatic heterocycles. The molecule has 2 aromatic rings. The average molecular weight is 280 g/mol. The summed E-state index contributed by atoms with van der Waals surface area (Å²) in [4.78, 5) is 14.9. The first-order chi connectivity index (χ1) is 10.1. The zero-order valence-corrected chi connectivity index (χ0v) is 12.5. The number of nitrogens with zero attached hydrogens (tertiary/aromatic N) is 1. The summed E-state index contributed by atoms with van der Waals surface area (Å²) in [6.07, 6.45) is 1.02. The minimum Gasteiger partial charge on any atom is -0.398 e. The Bertz CT molecular complexity index is 673. The van der Waals surface area contributed by atoms with Crippen LogP contribution < -0.4 is 10.6 Å². The molecule has 3 heteroatoms. The second-order valence-electron chi connectivity index (χ2n) is 5.89. The Kier molecular flexibility index (Phi) is 3.42. The van der Waals surface area contributed by atoms with Gasteiger partial charge < -0.3 is 10.6 Å². The minimum absolute atomic E-state index is 0.00426. The molecule has 21 heavy (non-hydrogen) atoms. The molecular formula is C18H20N2O. The standard InChI is InChI=1S/C18H20N2O/c1-12-10-14-7-3-4-9-16(14)20(11-12)18(21)17-13(2)6-5-8-15(17)19/h3-9,12H,10-11,19H2,1-2H3. The van der Waals surface area contributed by atoms with Crippen molar-refractivity contribution in [1.82, 2.24) is 0 Å². The van der Waals surface area contributed by atoms with Gasteiger partial charge in [-0.05, 0) is 42.5 Å². The first-order valence-corrected chi connectivity index (χ1v) is 7.33. The highest BCUT2D eigenvalue weighted by Gasteiger charge is 2.28. The van der Waals surface area contributed by atoms with Crippen LogP contribution in [0.5, 0.6) is 0 Å². The quantitative estimate of drug-likeness (QED) is 0.814. The van der Waals surface area contributed by atoms with E-state index in [9.17, 15) is 4.79 Å². The number of aryl methyl sites for hydroxylation is 1. The zero-order chi connectivity index (χ0) is 15.0. The number of hydrogen-bond donors (Lipinski definition) is 1. The van der Waals surface area contributed by atoms with Crippen LogP contribution in [0.15, 0.2) is 42.5 Å². The molecule has 0 aliphatic carbocycles. The topological polar surface area (TPSA) is 46.3 Å². The Morgan fingerprint density at radius 2 is 1.95 bits per heavy atom. The first kappa shape index (κ1) is 13.7. The van der Waals surface area contributed by atoms with E-state index < -0.39 is 0 Å². The predicted octanol–water partition coefficient (Wildman–Crippen LogP) is 3.42. The maximum absolute atomic E-state index is 13.0. The SMILES string of the molecule is Cc1cccc(N)c1C(=O)N1CC(C)Cc2ccccc21. The van der Waals surface area contributed by atoms with E-state index in [2.05, 4.69) is 13.0 Å². The fraction of sp³-hybridized carbons (Fsp3) is 0.278. The number of anilines is 2. The molecule has 0 saturated carbocycles. The van der Waals surface area contributed by atoms with Crippen LogP contribution in [0.3, 0.4) is 0 Å². The lowest BCUT2D eigenvalue weighted by Gasteiger charge is -2.33. The molecule has 108 valence electrons. The van der Waals surface area contributed by atoms with E-state index in [1.807, 2.05) is 42.2 Å². The molecule has 3 nitrogen and oxygen atoms in total. The number of fused-ring (bicyclic) bond motifs is 1. The van der Waals surface area contributed by atoms with Crippen molar-refractivity contribution in [1.29, 1.82) is 0 Å². The van der Waals surface area contributed by atoms with Gasteiger partial charge in [0, 0.05) is 17.9 Å². The molecule has 1 heterocycles. The number of carbonyl (C=O) groups excluding carboxylic acids is 1. The summed E-state index contributed by atoms with van der Waals surface area (Å²) in [6.45, 7) is 4.85. The number of para-hydroxylation sites is 1. The maximum Gasteiger partial charge on any atom is 0.260 e. The van der Waals surface area contributed by atoms with Crippen LogP contribution in [0.25, 0.3) is 0 Å². The second kappa shape index (κ2) is 5.24. The number of hydrogen-bond acceptors (Lipinski definition) is 2. The van der Waals surface area contributed by atoms with Crippen LogP contribution in [0, 0.1) is 12.8 Å². The lowest BCUT2D eigenvalue weighted by atomic mass is 9.93. The molecule has 0 bridgehead atoms. The van der Waals surface area contributed by atoms with Gasteiger partial charge in [0.25, 0.3) is 5.91 Å². The summed E-state index contributed by atoms with van der Waals surface area (Å²) in [5, 5.41) is 0. The van der Waals surface area contributed by atoms with Crippen molar-refractivity contribution in [2.24, 2.45) is 5.92 Å². The summed E-state index contributed by atoms with van der Waals surface area (Å²) < 4.78 is 0. The number of carbonyl (C=O) groups is 1. The van der Waals surface area contributed by atoms with Gasteiger partial charge in [-0.1, -0.05) is 37.3 Å². The summed E-state index contributed by atoms with van der Waals surface area (Å²) >= 11 is 0. The molecule has 2 N–H and O–H groups in total. The number of amides is 1. The smallest absolute Gasteiger partial charge is 0.260 e. The van der Waals surface area contributed by atoms with E-state index in [0.29, 0.717) is 17.2 Å². The van der Waals surface area contributed by atoms with Gasteiger partial charge in [0.2, 0.25) is 0 Å². The Morgan fingerprint density at radius 1 is 1.19 bits per heavy atom. The molecular weight excluding hydrogens is 260 g/mol. The highest BCUT2D eigenvalue weighted by Crippen LogP contribution is 2.32. The fourth-order valence-electron chi connectivity index (χ4n) is 3.11. The summed E-state index contributed by atoms with van der Waals surface area (Å²) in [6, 6.07) is 13.7. The van der Waals surface area contributed by atoms with Gasteiger partial charge in [-0.25, -0.2) is 0 Å². The molecule has 1 amide bonds. The third-order valence-electron chi connectivity index (χ3n) is 4.11. The fourth-order valence-corrected chi connectivity index (χ4v) is 3.11. The van der Waals surface area contributed by atoms with Crippen molar-refractivity contribution in [2.45, 2.75) is 20.3 Å². The Hall–Kier alpha value is -2.29. The van der Waals surface area contributed by atoms with Crippen LogP contribution >= 0.6 is 0 Å². The number of nitrogens with two attached hydrogens (primary N) is 1. The van der Waals surface area contributed by atoms with Gasteiger partial charge in [-0.3, -0.25) is 4.79 Å². The van der Waals surface area contributed by atoms with Gasteiger partial charge in [0.1, 0.15) is 0 Å². The van der Waals surface area contributed by atoms with E-state index in [0.717, 1.165) is 24.2 Å². The molecule has 0 fully saturated rings. The van der Waals surface area contributed by atoms with Crippen LogP contribution in [0.2, 0.25) is 0 Å².